The van der Waals surface area contributed by atoms with E-state index in [4.69, 9.17) is 5.73 Å². The summed E-state index contributed by atoms with van der Waals surface area (Å²) < 4.78 is 1.42. The third-order valence-corrected chi connectivity index (χ3v) is 3.18. The highest BCUT2D eigenvalue weighted by Gasteiger charge is 2.23. The van der Waals surface area contributed by atoms with E-state index < -0.39 is 0 Å². The van der Waals surface area contributed by atoms with E-state index in [9.17, 15) is 9.59 Å². The van der Waals surface area contributed by atoms with Gasteiger partial charge in [-0.15, -0.1) is 0 Å². The third-order valence-electron chi connectivity index (χ3n) is 3.18. The molecular formula is C12H17N3O2. The first-order valence-electron chi connectivity index (χ1n) is 5.80. The lowest BCUT2D eigenvalue weighted by molar-refractivity contribution is 0.0712. The minimum atomic E-state index is -0.243. The Morgan fingerprint density at radius 3 is 2.71 bits per heavy atom. The van der Waals surface area contributed by atoms with Crippen molar-refractivity contribution in [3.8, 4) is 0 Å². The Labute approximate surface area is 99.8 Å². The standard InChI is InChI=1S/C12H17N3O2/c1-14-6-2-3-10(11(14)16)12(17)15-7-4-9(13)5-8-15/h2-3,6,9H,4-5,7-8,13H2,1H3. The van der Waals surface area contributed by atoms with Gasteiger partial charge in [0, 0.05) is 32.4 Å². The summed E-state index contributed by atoms with van der Waals surface area (Å²) in [6.45, 7) is 1.27. The van der Waals surface area contributed by atoms with Crippen LogP contribution >= 0.6 is 0 Å². The maximum Gasteiger partial charge on any atom is 0.263 e. The van der Waals surface area contributed by atoms with Gasteiger partial charge in [0.15, 0.2) is 0 Å². The van der Waals surface area contributed by atoms with Gasteiger partial charge in [0.25, 0.3) is 11.5 Å². The van der Waals surface area contributed by atoms with Crippen molar-refractivity contribution >= 4 is 5.91 Å². The fourth-order valence-corrected chi connectivity index (χ4v) is 2.03. The van der Waals surface area contributed by atoms with Crippen molar-refractivity contribution in [2.24, 2.45) is 12.8 Å². The molecule has 0 unspecified atom stereocenters. The SMILES string of the molecule is Cn1cccc(C(=O)N2CCC(N)CC2)c1=O. The van der Waals surface area contributed by atoms with Crippen LogP contribution in [0, 0.1) is 0 Å². The van der Waals surface area contributed by atoms with E-state index in [1.54, 1.807) is 30.3 Å². The van der Waals surface area contributed by atoms with Crippen LogP contribution < -0.4 is 11.3 Å². The van der Waals surface area contributed by atoms with E-state index in [1.165, 1.54) is 4.57 Å². The number of aromatic nitrogens is 1. The number of aryl methyl sites for hydroxylation is 1. The predicted octanol–water partition coefficient (Wildman–Crippen LogP) is -0.0514. The lowest BCUT2D eigenvalue weighted by Gasteiger charge is -2.30. The van der Waals surface area contributed by atoms with Crippen LogP contribution in [0.2, 0.25) is 0 Å². The molecule has 1 aromatic heterocycles. The molecule has 0 radical (unpaired) electrons. The van der Waals surface area contributed by atoms with Crippen LogP contribution in [0.3, 0.4) is 0 Å². The van der Waals surface area contributed by atoms with Crippen molar-refractivity contribution in [3.05, 3.63) is 34.2 Å². The Kier molecular flexibility index (Phi) is 3.28. The summed E-state index contributed by atoms with van der Waals surface area (Å²) >= 11 is 0. The van der Waals surface area contributed by atoms with E-state index in [0.717, 1.165) is 12.8 Å². The van der Waals surface area contributed by atoms with Crippen LogP contribution in [0.5, 0.6) is 0 Å². The first-order valence-corrected chi connectivity index (χ1v) is 5.80. The Hall–Kier alpha value is -1.62. The quantitative estimate of drug-likeness (QED) is 0.742. The molecule has 1 aliphatic rings. The number of carbonyl (C=O) groups excluding carboxylic acids is 1. The van der Waals surface area contributed by atoms with Crippen LogP contribution in [0.4, 0.5) is 0 Å². The zero-order chi connectivity index (χ0) is 12.4. The smallest absolute Gasteiger partial charge is 0.263 e. The summed E-state index contributed by atoms with van der Waals surface area (Å²) in [4.78, 5) is 25.7. The molecule has 0 spiro atoms. The molecule has 1 amide bonds. The molecule has 5 nitrogen and oxygen atoms in total. The number of amides is 1. The van der Waals surface area contributed by atoms with Crippen LogP contribution in [-0.4, -0.2) is 34.5 Å². The first kappa shape index (κ1) is 11.9. The van der Waals surface area contributed by atoms with E-state index in [-0.39, 0.29) is 23.1 Å². The van der Waals surface area contributed by atoms with Crippen LogP contribution in [0.25, 0.3) is 0 Å². The summed E-state index contributed by atoms with van der Waals surface area (Å²) in [5, 5.41) is 0. The molecule has 0 bridgehead atoms. The van der Waals surface area contributed by atoms with Crippen molar-refractivity contribution in [2.45, 2.75) is 18.9 Å². The maximum atomic E-state index is 12.2. The van der Waals surface area contributed by atoms with Gasteiger partial charge in [-0.05, 0) is 25.0 Å². The lowest BCUT2D eigenvalue weighted by Crippen LogP contribution is -2.44. The van der Waals surface area contributed by atoms with Gasteiger partial charge in [-0.2, -0.15) is 0 Å². The Morgan fingerprint density at radius 2 is 2.06 bits per heavy atom. The lowest BCUT2D eigenvalue weighted by atomic mass is 10.1. The number of nitrogens with two attached hydrogens (primary N) is 1. The van der Waals surface area contributed by atoms with Gasteiger partial charge in [0.05, 0.1) is 0 Å². The molecule has 17 heavy (non-hydrogen) atoms. The highest BCUT2D eigenvalue weighted by molar-refractivity contribution is 5.93. The Morgan fingerprint density at radius 1 is 1.41 bits per heavy atom. The van der Waals surface area contributed by atoms with Gasteiger partial charge in [0.1, 0.15) is 5.56 Å². The number of piperidine rings is 1. The minimum absolute atomic E-state index is 0.178. The Bertz CT molecular complexity index is 473. The number of carbonyl (C=O) groups is 1. The molecule has 0 saturated carbocycles. The molecular weight excluding hydrogens is 218 g/mol. The molecule has 1 aliphatic heterocycles. The van der Waals surface area contributed by atoms with Crippen LogP contribution in [0.15, 0.2) is 23.1 Å². The molecule has 5 heteroatoms. The molecule has 0 aliphatic carbocycles. The molecule has 92 valence electrons. The summed E-state index contributed by atoms with van der Waals surface area (Å²) in [6, 6.07) is 3.47. The highest BCUT2D eigenvalue weighted by Crippen LogP contribution is 2.10. The number of rotatable bonds is 1. The molecule has 0 atom stereocenters. The van der Waals surface area contributed by atoms with Gasteiger partial charge in [-0.3, -0.25) is 9.59 Å². The van der Waals surface area contributed by atoms with E-state index in [2.05, 4.69) is 0 Å². The third kappa shape index (κ3) is 2.39. The highest BCUT2D eigenvalue weighted by atomic mass is 16.2. The number of likely N-dealkylation sites (tertiary alicyclic amines) is 1. The summed E-state index contributed by atoms with van der Waals surface area (Å²) in [5.41, 5.74) is 5.78. The van der Waals surface area contributed by atoms with Gasteiger partial charge < -0.3 is 15.2 Å². The molecule has 1 aromatic rings. The van der Waals surface area contributed by atoms with Gasteiger partial charge >= 0.3 is 0 Å². The topological polar surface area (TPSA) is 68.3 Å². The fraction of sp³-hybridized carbons (Fsp3) is 0.500. The Balaban J connectivity index is 2.20. The molecule has 2 rings (SSSR count). The summed E-state index contributed by atoms with van der Waals surface area (Å²) in [6.07, 6.45) is 3.25. The zero-order valence-corrected chi connectivity index (χ0v) is 9.93. The van der Waals surface area contributed by atoms with Crippen molar-refractivity contribution in [1.29, 1.82) is 0 Å². The normalized spacial score (nSPS) is 17.2. The van der Waals surface area contributed by atoms with Gasteiger partial charge in [-0.25, -0.2) is 0 Å². The van der Waals surface area contributed by atoms with Crippen molar-refractivity contribution < 1.29 is 4.79 Å². The van der Waals surface area contributed by atoms with E-state index in [1.807, 2.05) is 0 Å². The second-order valence-electron chi connectivity index (χ2n) is 4.47. The summed E-state index contributed by atoms with van der Waals surface area (Å²) in [5.74, 6) is -0.182. The van der Waals surface area contributed by atoms with Gasteiger partial charge in [0.2, 0.25) is 0 Å². The van der Waals surface area contributed by atoms with Crippen LogP contribution in [0.1, 0.15) is 23.2 Å². The minimum Gasteiger partial charge on any atom is -0.338 e. The van der Waals surface area contributed by atoms with Gasteiger partial charge in [-0.1, -0.05) is 0 Å². The van der Waals surface area contributed by atoms with Crippen molar-refractivity contribution in [3.63, 3.8) is 0 Å². The second-order valence-corrected chi connectivity index (χ2v) is 4.47. The average Bonchev–Trinajstić information content (AvgIpc) is 2.33. The predicted molar refractivity (Wildman–Crippen MR) is 64.8 cm³/mol. The average molecular weight is 235 g/mol. The number of hydrogen-bond acceptors (Lipinski definition) is 3. The maximum absolute atomic E-state index is 12.2. The van der Waals surface area contributed by atoms with Crippen molar-refractivity contribution in [2.75, 3.05) is 13.1 Å². The molecule has 1 fully saturated rings. The molecule has 2 heterocycles. The van der Waals surface area contributed by atoms with Crippen LogP contribution in [-0.2, 0) is 7.05 Å². The summed E-state index contributed by atoms with van der Waals surface area (Å²) in [7, 11) is 1.64. The molecule has 1 saturated heterocycles. The van der Waals surface area contributed by atoms with E-state index >= 15 is 0 Å². The molecule has 2 N–H and O–H groups in total. The second kappa shape index (κ2) is 4.71. The number of hydrogen-bond donors (Lipinski definition) is 1. The molecule has 0 aromatic carbocycles. The first-order chi connectivity index (χ1) is 8.09. The zero-order valence-electron chi connectivity index (χ0n) is 9.93. The number of pyridine rings is 1. The van der Waals surface area contributed by atoms with Crippen molar-refractivity contribution in [1.82, 2.24) is 9.47 Å². The monoisotopic (exact) mass is 235 g/mol. The number of nitrogens with zero attached hydrogens (tertiary/aromatic N) is 2. The van der Waals surface area contributed by atoms with E-state index in [0.29, 0.717) is 13.1 Å². The fourth-order valence-electron chi connectivity index (χ4n) is 2.03. The largest absolute Gasteiger partial charge is 0.338 e.